The summed E-state index contributed by atoms with van der Waals surface area (Å²) in [7, 11) is 0. The van der Waals surface area contributed by atoms with Crippen molar-refractivity contribution in [3.05, 3.63) is 10.1 Å². The lowest BCUT2D eigenvalue weighted by atomic mass is 10.5. The Kier molecular flexibility index (Phi) is 3.94. The van der Waals surface area contributed by atoms with Crippen LogP contribution in [0.1, 0.15) is 13.3 Å². The zero-order chi connectivity index (χ0) is 7.98. The monoisotopic (exact) mass is 148 g/mol. The molecule has 0 aromatic heterocycles. The van der Waals surface area contributed by atoms with Gasteiger partial charge in [-0.05, 0) is 0 Å². The minimum atomic E-state index is -0.962. The van der Waals surface area contributed by atoms with E-state index in [1.165, 1.54) is 0 Å². The second-order valence-electron chi connectivity index (χ2n) is 1.45. The molecule has 0 bridgehead atoms. The first-order valence-electron chi connectivity index (χ1n) is 2.70. The van der Waals surface area contributed by atoms with Crippen molar-refractivity contribution in [3.8, 4) is 0 Å². The van der Waals surface area contributed by atoms with Crippen molar-refractivity contribution in [2.24, 2.45) is 0 Å². The van der Waals surface area contributed by atoms with Crippen LogP contribution in [0.15, 0.2) is 0 Å². The van der Waals surface area contributed by atoms with Gasteiger partial charge in [-0.2, -0.15) is 0 Å². The van der Waals surface area contributed by atoms with Gasteiger partial charge in [0.25, 0.3) is 5.09 Å². The van der Waals surface area contributed by atoms with Crippen LogP contribution < -0.4 is 5.32 Å². The smallest absolute Gasteiger partial charge is 0.296 e. The molecule has 0 heterocycles. The van der Waals surface area contributed by atoms with Gasteiger partial charge in [0.1, 0.15) is 0 Å². The Morgan fingerprint density at radius 3 is 2.80 bits per heavy atom. The van der Waals surface area contributed by atoms with Gasteiger partial charge in [0, 0.05) is 6.42 Å². The largest absolute Gasteiger partial charge is 0.333 e. The second kappa shape index (κ2) is 4.54. The van der Waals surface area contributed by atoms with E-state index in [1.54, 1.807) is 6.92 Å². The number of hydrogen-bond acceptors (Lipinski definition) is 4. The Hall–Kier alpha value is -1.33. The van der Waals surface area contributed by atoms with Crippen LogP contribution in [0.4, 0.5) is 0 Å². The van der Waals surface area contributed by atoms with Gasteiger partial charge in [-0.3, -0.25) is 9.63 Å². The van der Waals surface area contributed by atoms with Crippen LogP contribution in [0.3, 0.4) is 0 Å². The fourth-order valence-electron chi connectivity index (χ4n) is 0.290. The first-order chi connectivity index (χ1) is 4.66. The molecule has 0 saturated carbocycles. The topological polar surface area (TPSA) is 81.5 Å². The summed E-state index contributed by atoms with van der Waals surface area (Å²) < 4.78 is 0. The van der Waals surface area contributed by atoms with Crippen molar-refractivity contribution in [1.29, 1.82) is 0 Å². The van der Waals surface area contributed by atoms with Crippen LogP contribution >= 0.6 is 0 Å². The van der Waals surface area contributed by atoms with Crippen LogP contribution in [0.5, 0.6) is 0 Å². The molecule has 0 rings (SSSR count). The highest BCUT2D eigenvalue weighted by atomic mass is 17.0. The Morgan fingerprint density at radius 2 is 2.40 bits per heavy atom. The average molecular weight is 148 g/mol. The summed E-state index contributed by atoms with van der Waals surface area (Å²) in [5.41, 5.74) is 0. The third kappa shape index (κ3) is 4.82. The zero-order valence-corrected chi connectivity index (χ0v) is 5.49. The van der Waals surface area contributed by atoms with E-state index >= 15 is 0 Å². The highest BCUT2D eigenvalue weighted by molar-refractivity contribution is 5.75. The summed E-state index contributed by atoms with van der Waals surface area (Å²) >= 11 is 0. The van der Waals surface area contributed by atoms with E-state index in [-0.39, 0.29) is 12.6 Å². The molecule has 1 N–H and O–H groups in total. The predicted octanol–water partition coefficient (Wildman–Crippen LogP) is -0.322. The quantitative estimate of drug-likeness (QED) is 0.336. The maximum absolute atomic E-state index is 10.4. The van der Waals surface area contributed by atoms with Crippen LogP contribution in [0.2, 0.25) is 0 Å². The second-order valence-corrected chi connectivity index (χ2v) is 1.45. The van der Waals surface area contributed by atoms with Crippen LogP contribution in [0, 0.1) is 10.1 Å². The van der Waals surface area contributed by atoms with E-state index in [0.717, 1.165) is 0 Å². The van der Waals surface area contributed by atoms with E-state index in [9.17, 15) is 14.9 Å². The minimum absolute atomic E-state index is 0.276. The molecule has 0 fully saturated rings. The van der Waals surface area contributed by atoms with Crippen molar-refractivity contribution < 1.29 is 14.7 Å². The van der Waals surface area contributed by atoms with Crippen molar-refractivity contribution in [2.45, 2.75) is 13.3 Å². The number of nitrogens with zero attached hydrogens (tertiary/aromatic N) is 1. The standard InChI is InChI=1S/C4H8N2O4/c1-2-4(7)5-3-10-6(8)9/h2-3H2,1H3,(H,5,7). The summed E-state index contributed by atoms with van der Waals surface area (Å²) in [6, 6.07) is 0. The molecule has 0 spiro atoms. The van der Waals surface area contributed by atoms with E-state index in [4.69, 9.17) is 0 Å². The molecule has 10 heavy (non-hydrogen) atoms. The van der Waals surface area contributed by atoms with Gasteiger partial charge in [0.05, 0.1) is 0 Å². The molecule has 0 aromatic rings. The van der Waals surface area contributed by atoms with Crippen LogP contribution in [-0.2, 0) is 9.63 Å². The first-order valence-corrected chi connectivity index (χ1v) is 2.70. The third-order valence-electron chi connectivity index (χ3n) is 0.760. The fourth-order valence-corrected chi connectivity index (χ4v) is 0.290. The van der Waals surface area contributed by atoms with Gasteiger partial charge in [0.2, 0.25) is 5.91 Å². The number of hydrogen-bond donors (Lipinski definition) is 1. The van der Waals surface area contributed by atoms with Crippen LogP contribution in [0.25, 0.3) is 0 Å². The molecular weight excluding hydrogens is 140 g/mol. The molecule has 6 heteroatoms. The van der Waals surface area contributed by atoms with Crippen molar-refractivity contribution in [1.82, 2.24) is 5.32 Å². The first kappa shape index (κ1) is 8.67. The SMILES string of the molecule is CCC(=O)NCO[N+](=O)[O-]. The minimum Gasteiger partial charge on any atom is -0.333 e. The molecule has 0 saturated heterocycles. The highest BCUT2D eigenvalue weighted by Crippen LogP contribution is 1.75. The Labute approximate surface area is 57.3 Å². The lowest BCUT2D eigenvalue weighted by Crippen LogP contribution is -2.26. The molecule has 6 nitrogen and oxygen atoms in total. The number of carbonyl (C=O) groups excluding carboxylic acids is 1. The van der Waals surface area contributed by atoms with E-state index in [2.05, 4.69) is 10.2 Å². The Morgan fingerprint density at radius 1 is 1.80 bits per heavy atom. The molecule has 0 aromatic carbocycles. The molecule has 0 unspecified atom stereocenters. The lowest BCUT2D eigenvalue weighted by Gasteiger charge is -1.99. The maximum Gasteiger partial charge on any atom is 0.296 e. The average Bonchev–Trinajstić information content (AvgIpc) is 1.87. The number of rotatable bonds is 4. The van der Waals surface area contributed by atoms with Gasteiger partial charge in [0.15, 0.2) is 6.73 Å². The molecule has 58 valence electrons. The molecular formula is C4H8N2O4. The number of amides is 1. The van der Waals surface area contributed by atoms with Gasteiger partial charge in [-0.1, -0.05) is 6.92 Å². The van der Waals surface area contributed by atoms with Crippen molar-refractivity contribution in [3.63, 3.8) is 0 Å². The van der Waals surface area contributed by atoms with E-state index in [0.29, 0.717) is 6.42 Å². The normalized spacial score (nSPS) is 8.50. The Balaban J connectivity index is 3.20. The molecule has 0 aliphatic heterocycles. The van der Waals surface area contributed by atoms with Gasteiger partial charge >= 0.3 is 0 Å². The van der Waals surface area contributed by atoms with Gasteiger partial charge in [-0.25, -0.2) is 0 Å². The summed E-state index contributed by atoms with van der Waals surface area (Å²) in [6.45, 7) is 1.27. The van der Waals surface area contributed by atoms with Crippen molar-refractivity contribution >= 4 is 5.91 Å². The molecule has 0 radical (unpaired) electrons. The maximum atomic E-state index is 10.4. The summed E-state index contributed by atoms with van der Waals surface area (Å²) in [5.74, 6) is -0.276. The van der Waals surface area contributed by atoms with E-state index in [1.807, 2.05) is 0 Å². The molecule has 1 amide bonds. The Bertz CT molecular complexity index is 135. The molecule has 0 atom stereocenters. The number of carbonyl (C=O) groups is 1. The molecule has 0 aliphatic rings. The number of nitrogens with one attached hydrogen (secondary N) is 1. The lowest BCUT2D eigenvalue weighted by molar-refractivity contribution is -0.758. The summed E-state index contributed by atoms with van der Waals surface area (Å²) in [4.78, 5) is 23.7. The van der Waals surface area contributed by atoms with Gasteiger partial charge in [-0.15, -0.1) is 10.1 Å². The molecule has 0 aliphatic carbocycles. The fraction of sp³-hybridized carbons (Fsp3) is 0.750. The third-order valence-corrected chi connectivity index (χ3v) is 0.760. The van der Waals surface area contributed by atoms with Crippen LogP contribution in [-0.4, -0.2) is 17.7 Å². The van der Waals surface area contributed by atoms with Gasteiger partial charge < -0.3 is 5.32 Å². The van der Waals surface area contributed by atoms with Crippen molar-refractivity contribution in [2.75, 3.05) is 6.73 Å². The van der Waals surface area contributed by atoms with E-state index < -0.39 is 5.09 Å². The predicted molar refractivity (Wildman–Crippen MR) is 31.4 cm³/mol. The zero-order valence-electron chi connectivity index (χ0n) is 5.49. The summed E-state index contributed by atoms with van der Waals surface area (Å²) in [5, 5.41) is 10.7. The summed E-state index contributed by atoms with van der Waals surface area (Å²) in [6.07, 6.45) is 0.293. The highest BCUT2D eigenvalue weighted by Gasteiger charge is 1.96.